The molecule has 118 valence electrons. The van der Waals surface area contributed by atoms with Crippen LogP contribution in [0.4, 0.5) is 0 Å². The molecule has 0 saturated heterocycles. The third-order valence-corrected chi connectivity index (χ3v) is 4.80. The second-order valence-electron chi connectivity index (χ2n) is 10.2. The third kappa shape index (κ3) is 2.67. The van der Waals surface area contributed by atoms with E-state index in [1.165, 1.54) is 11.1 Å². The average molecular weight is 289 g/mol. The van der Waals surface area contributed by atoms with E-state index < -0.39 is 0 Å². The first-order valence-electron chi connectivity index (χ1n) is 9.21. The summed E-state index contributed by atoms with van der Waals surface area (Å²) in [6.07, 6.45) is 1.04. The number of hydrogen-bond acceptors (Lipinski definition) is 0. The topological polar surface area (TPSA) is 0 Å². The van der Waals surface area contributed by atoms with Gasteiger partial charge in [0.15, 0.2) is 0 Å². The molecule has 0 unspecified atom stereocenters. The van der Waals surface area contributed by atoms with Crippen molar-refractivity contribution in [3.05, 3.63) is 34.3 Å². The van der Waals surface area contributed by atoms with Crippen molar-refractivity contribution in [3.8, 4) is 0 Å². The van der Waals surface area contributed by atoms with Crippen LogP contribution in [-0.4, -0.2) is 0 Å². The van der Waals surface area contributed by atoms with Gasteiger partial charge in [-0.2, -0.15) is 0 Å². The molecule has 0 N–H and O–H groups in total. The molecule has 2 rings (SSSR count). The van der Waals surface area contributed by atoms with Crippen molar-refractivity contribution in [3.63, 3.8) is 0 Å². The molecule has 0 saturated carbocycles. The molecule has 1 aromatic carbocycles. The zero-order valence-electron chi connectivity index (χ0n) is 17.7. The van der Waals surface area contributed by atoms with Gasteiger partial charge < -0.3 is 0 Å². The zero-order valence-corrected chi connectivity index (χ0v) is 15.7. The van der Waals surface area contributed by atoms with Crippen LogP contribution >= 0.6 is 0 Å². The van der Waals surface area contributed by atoms with Gasteiger partial charge in [-0.25, -0.2) is 0 Å². The maximum Gasteiger partial charge on any atom is 0.0626 e. The van der Waals surface area contributed by atoms with Gasteiger partial charge in [0.05, 0.1) is 2.74 Å². The summed E-state index contributed by atoms with van der Waals surface area (Å²) >= 11 is 0. The van der Waals surface area contributed by atoms with Gasteiger partial charge in [-0.3, -0.25) is 0 Å². The minimum atomic E-state index is -0.132. The van der Waals surface area contributed by atoms with Gasteiger partial charge in [0.2, 0.25) is 0 Å². The Hall–Kier alpha value is -0.780. The molecule has 0 atom stereocenters. The van der Waals surface area contributed by atoms with Crippen LogP contribution in [0.25, 0.3) is 0 Å². The first-order valence-corrected chi connectivity index (χ1v) is 8.21. The molecule has 0 amide bonds. The van der Waals surface area contributed by atoms with Gasteiger partial charge >= 0.3 is 0 Å². The second-order valence-corrected chi connectivity index (χ2v) is 10.2. The lowest BCUT2D eigenvalue weighted by Crippen LogP contribution is -2.27. The van der Waals surface area contributed by atoms with Crippen LogP contribution in [0.1, 0.15) is 101 Å². The molecule has 0 heterocycles. The monoisotopic (exact) mass is 288 g/mol. The first-order chi connectivity index (χ1) is 10.0. The van der Waals surface area contributed by atoms with Crippen LogP contribution in [0.3, 0.4) is 0 Å². The largest absolute Gasteiger partial charge is 0.0626 e. The van der Waals surface area contributed by atoms with Gasteiger partial charge in [-0.05, 0) is 50.3 Å². The average Bonchev–Trinajstić information content (AvgIpc) is 2.45. The van der Waals surface area contributed by atoms with Crippen molar-refractivity contribution in [1.82, 2.24) is 0 Å². The van der Waals surface area contributed by atoms with Crippen molar-refractivity contribution in [2.45, 2.75) is 97.3 Å². The molecule has 0 nitrogen and oxygen atoms in total. The number of fused-ring (bicyclic) bond motifs is 1. The molecule has 0 heteroatoms. The van der Waals surface area contributed by atoms with E-state index in [0.717, 1.165) is 17.5 Å². The Balaban J connectivity index is 3.12. The molecule has 0 radical (unpaired) electrons. The van der Waals surface area contributed by atoms with E-state index in [9.17, 15) is 0 Å². The standard InChI is InChI=1S/C21H34/c1-18(2,3)14-11-12-15-17(16(14)19(4,5)6)21(9,10)13-20(15,7)8/h11-12H,13H2,1-10H3/i11D,12D. The molecule has 21 heavy (non-hydrogen) atoms. The molecule has 0 bridgehead atoms. The number of benzene rings is 1. The van der Waals surface area contributed by atoms with Crippen LogP contribution < -0.4 is 0 Å². The predicted molar refractivity (Wildman–Crippen MR) is 94.5 cm³/mol. The summed E-state index contributed by atoms with van der Waals surface area (Å²) in [7, 11) is 0. The summed E-state index contributed by atoms with van der Waals surface area (Å²) < 4.78 is 17.5. The van der Waals surface area contributed by atoms with Crippen molar-refractivity contribution in [1.29, 1.82) is 0 Å². The number of hydrogen-bond donors (Lipinski definition) is 0. The first kappa shape index (κ1) is 13.9. The van der Waals surface area contributed by atoms with Gasteiger partial charge in [0.25, 0.3) is 0 Å². The van der Waals surface area contributed by atoms with E-state index in [1.54, 1.807) is 0 Å². The van der Waals surface area contributed by atoms with Gasteiger partial charge in [0, 0.05) is 0 Å². The molecule has 0 fully saturated rings. The lowest BCUT2D eigenvalue weighted by molar-refractivity contribution is 0.398. The van der Waals surface area contributed by atoms with Crippen LogP contribution in [0, 0.1) is 0 Å². The fraction of sp³-hybridized carbons (Fsp3) is 0.714. The Morgan fingerprint density at radius 2 is 1.38 bits per heavy atom. The van der Waals surface area contributed by atoms with E-state index >= 15 is 0 Å². The smallest absolute Gasteiger partial charge is 0.0579 e. The Kier molecular flexibility index (Phi) is 2.88. The van der Waals surface area contributed by atoms with E-state index in [4.69, 9.17) is 2.74 Å². The van der Waals surface area contributed by atoms with Crippen molar-refractivity contribution in [2.75, 3.05) is 0 Å². The molecular formula is C21H34. The summed E-state index contributed by atoms with van der Waals surface area (Å²) in [5.41, 5.74) is 4.69. The van der Waals surface area contributed by atoms with Crippen LogP contribution in [-0.2, 0) is 21.7 Å². The van der Waals surface area contributed by atoms with Gasteiger partial charge in [-0.1, -0.05) is 81.3 Å². The highest BCUT2D eigenvalue weighted by molar-refractivity contribution is 5.56. The minimum absolute atomic E-state index is 0.0338. The summed E-state index contributed by atoms with van der Waals surface area (Å²) in [5.74, 6) is 0. The van der Waals surface area contributed by atoms with Crippen LogP contribution in [0.2, 0.25) is 0 Å². The Morgan fingerprint density at radius 3 is 1.81 bits per heavy atom. The van der Waals surface area contributed by atoms with Crippen molar-refractivity contribution >= 4 is 0 Å². The summed E-state index contributed by atoms with van der Waals surface area (Å²) in [4.78, 5) is 0. The molecule has 0 aliphatic heterocycles. The normalized spacial score (nSPS) is 21.8. The predicted octanol–water partition coefficient (Wildman–Crippen LogP) is 6.24. The highest BCUT2D eigenvalue weighted by Gasteiger charge is 2.45. The lowest BCUT2D eigenvalue weighted by Gasteiger charge is -2.36. The quantitative estimate of drug-likeness (QED) is 0.530. The highest BCUT2D eigenvalue weighted by Crippen LogP contribution is 2.54. The Bertz CT molecular complexity index is 650. The molecular weight excluding hydrogens is 252 g/mol. The van der Waals surface area contributed by atoms with E-state index in [2.05, 4.69) is 69.2 Å². The van der Waals surface area contributed by atoms with Crippen LogP contribution in [0.5, 0.6) is 0 Å². The summed E-state index contributed by atoms with van der Waals surface area (Å²) in [6, 6.07) is 0.889. The fourth-order valence-corrected chi connectivity index (χ4v) is 4.28. The van der Waals surface area contributed by atoms with Gasteiger partial charge in [0.1, 0.15) is 0 Å². The SMILES string of the molecule is [2H]c1c([2H])c2c(c(C(C)(C)C)c1C(C)(C)C)C(C)(C)CC2(C)C. The van der Waals surface area contributed by atoms with Crippen molar-refractivity contribution < 1.29 is 2.74 Å². The highest BCUT2D eigenvalue weighted by atomic mass is 14.5. The summed E-state index contributed by atoms with van der Waals surface area (Å²) in [5, 5.41) is 0. The second kappa shape index (κ2) is 4.37. The molecule has 1 aliphatic rings. The number of rotatable bonds is 0. The molecule has 0 spiro atoms. The summed E-state index contributed by atoms with van der Waals surface area (Å²) in [6.45, 7) is 22.4. The lowest BCUT2D eigenvalue weighted by atomic mass is 9.69. The third-order valence-electron chi connectivity index (χ3n) is 4.80. The van der Waals surface area contributed by atoms with E-state index in [-0.39, 0.29) is 21.7 Å². The molecule has 1 aliphatic carbocycles. The maximum atomic E-state index is 8.76. The molecule has 0 aromatic heterocycles. The fourth-order valence-electron chi connectivity index (χ4n) is 4.28. The van der Waals surface area contributed by atoms with Crippen LogP contribution in [0.15, 0.2) is 12.1 Å². The zero-order chi connectivity index (χ0) is 18.2. The molecule has 1 aromatic rings. The van der Waals surface area contributed by atoms with Gasteiger partial charge in [-0.15, -0.1) is 0 Å². The van der Waals surface area contributed by atoms with E-state index in [0.29, 0.717) is 12.1 Å². The Morgan fingerprint density at radius 1 is 0.857 bits per heavy atom. The maximum absolute atomic E-state index is 8.76. The Labute approximate surface area is 135 Å². The minimum Gasteiger partial charge on any atom is -0.0579 e. The van der Waals surface area contributed by atoms with Crippen molar-refractivity contribution in [2.24, 2.45) is 0 Å². The van der Waals surface area contributed by atoms with E-state index in [1.807, 2.05) is 0 Å².